The van der Waals surface area contributed by atoms with Gasteiger partial charge in [-0.05, 0) is 12.0 Å². The van der Waals surface area contributed by atoms with E-state index >= 15 is 0 Å². The molecule has 1 aromatic carbocycles. The van der Waals surface area contributed by atoms with Gasteiger partial charge < -0.3 is 16.0 Å². The van der Waals surface area contributed by atoms with E-state index in [1.807, 2.05) is 18.2 Å². The number of carbonyl (C=O) groups is 3. The summed E-state index contributed by atoms with van der Waals surface area (Å²) >= 11 is 0. The first-order valence-corrected chi connectivity index (χ1v) is 8.07. The number of amides is 3. The minimum atomic E-state index is -0.657. The van der Waals surface area contributed by atoms with Crippen LogP contribution in [0.5, 0.6) is 0 Å². The van der Waals surface area contributed by atoms with Crippen molar-refractivity contribution in [2.24, 2.45) is 5.73 Å². The average molecular weight is 332 g/mol. The van der Waals surface area contributed by atoms with Crippen molar-refractivity contribution in [3.05, 3.63) is 35.9 Å². The molecule has 0 radical (unpaired) electrons. The molecule has 1 saturated heterocycles. The zero-order valence-electron chi connectivity index (χ0n) is 13.9. The van der Waals surface area contributed by atoms with Crippen molar-refractivity contribution in [1.82, 2.24) is 15.1 Å². The molecule has 0 aromatic heterocycles. The van der Waals surface area contributed by atoms with Gasteiger partial charge in [0.05, 0.1) is 6.54 Å². The first-order valence-electron chi connectivity index (χ1n) is 8.07. The van der Waals surface area contributed by atoms with E-state index in [4.69, 9.17) is 5.73 Å². The van der Waals surface area contributed by atoms with Crippen LogP contribution in [0.1, 0.15) is 12.5 Å². The molecule has 3 amide bonds. The molecule has 0 aliphatic carbocycles. The Labute approximate surface area is 141 Å². The Morgan fingerprint density at radius 2 is 1.92 bits per heavy atom. The molecular weight excluding hydrogens is 308 g/mol. The minimum absolute atomic E-state index is 0.108. The molecule has 0 saturated carbocycles. The lowest BCUT2D eigenvalue weighted by Gasteiger charge is -2.40. The van der Waals surface area contributed by atoms with Crippen LogP contribution in [-0.4, -0.2) is 66.3 Å². The van der Waals surface area contributed by atoms with Crippen LogP contribution in [-0.2, 0) is 20.8 Å². The van der Waals surface area contributed by atoms with Crippen molar-refractivity contribution in [3.8, 4) is 0 Å². The smallest absolute Gasteiger partial charge is 0.242 e. The lowest BCUT2D eigenvalue weighted by Crippen LogP contribution is -2.61. The van der Waals surface area contributed by atoms with Gasteiger partial charge in [-0.15, -0.1) is 0 Å². The zero-order valence-corrected chi connectivity index (χ0v) is 13.9. The van der Waals surface area contributed by atoms with Crippen LogP contribution in [0.4, 0.5) is 0 Å². The quantitative estimate of drug-likeness (QED) is 0.724. The van der Waals surface area contributed by atoms with Gasteiger partial charge in [0.15, 0.2) is 0 Å². The Balaban J connectivity index is 1.91. The van der Waals surface area contributed by atoms with E-state index in [0.29, 0.717) is 19.6 Å². The molecule has 3 N–H and O–H groups in total. The second-order valence-corrected chi connectivity index (χ2v) is 5.95. The standard InChI is InChI=1S/C17H24N4O3/c1-13(22)19-11-16(23)21-10-9-20(12-15(21)17(18)24)8-7-14-5-3-2-4-6-14/h2-6,15H,7-12H2,1H3,(H2,18,24)(H,19,22)/t15-/m1/s1. The molecule has 0 bridgehead atoms. The van der Waals surface area contributed by atoms with Crippen molar-refractivity contribution in [1.29, 1.82) is 0 Å². The van der Waals surface area contributed by atoms with Crippen LogP contribution in [0, 0.1) is 0 Å². The van der Waals surface area contributed by atoms with Gasteiger partial charge in [0.1, 0.15) is 6.04 Å². The third-order valence-electron chi connectivity index (χ3n) is 4.16. The highest BCUT2D eigenvalue weighted by atomic mass is 16.2. The third kappa shape index (κ3) is 5.06. The SMILES string of the molecule is CC(=O)NCC(=O)N1CCN(CCc2ccccc2)C[C@@H]1C(N)=O. The van der Waals surface area contributed by atoms with E-state index in [-0.39, 0.29) is 18.4 Å². The normalized spacial score (nSPS) is 18.2. The fraction of sp³-hybridized carbons (Fsp3) is 0.471. The summed E-state index contributed by atoms with van der Waals surface area (Å²) in [7, 11) is 0. The molecule has 1 aliphatic rings. The highest BCUT2D eigenvalue weighted by Gasteiger charge is 2.33. The first kappa shape index (κ1) is 17.9. The molecule has 1 heterocycles. The highest BCUT2D eigenvalue weighted by molar-refractivity contribution is 5.89. The first-order chi connectivity index (χ1) is 11.5. The van der Waals surface area contributed by atoms with Crippen molar-refractivity contribution in [3.63, 3.8) is 0 Å². The number of hydrogen-bond acceptors (Lipinski definition) is 4. The number of nitrogens with zero attached hydrogens (tertiary/aromatic N) is 2. The molecule has 0 spiro atoms. The molecule has 1 aliphatic heterocycles. The summed E-state index contributed by atoms with van der Waals surface area (Å²) in [5, 5.41) is 2.46. The van der Waals surface area contributed by atoms with Gasteiger partial charge in [-0.25, -0.2) is 0 Å². The van der Waals surface area contributed by atoms with Crippen molar-refractivity contribution in [2.75, 3.05) is 32.7 Å². The van der Waals surface area contributed by atoms with Crippen LogP contribution in [0.3, 0.4) is 0 Å². The molecule has 1 aromatic rings. The topological polar surface area (TPSA) is 95.7 Å². The summed E-state index contributed by atoms with van der Waals surface area (Å²) < 4.78 is 0. The number of nitrogens with one attached hydrogen (secondary N) is 1. The number of benzene rings is 1. The summed E-state index contributed by atoms with van der Waals surface area (Å²) in [5.74, 6) is -1.08. The van der Waals surface area contributed by atoms with Crippen LogP contribution in [0.15, 0.2) is 30.3 Å². The number of primary amides is 1. The van der Waals surface area contributed by atoms with E-state index in [1.54, 1.807) is 0 Å². The fourth-order valence-electron chi connectivity index (χ4n) is 2.82. The maximum absolute atomic E-state index is 12.2. The van der Waals surface area contributed by atoms with Gasteiger partial charge in [0.25, 0.3) is 0 Å². The Morgan fingerprint density at radius 1 is 1.21 bits per heavy atom. The molecule has 0 unspecified atom stereocenters. The summed E-state index contributed by atoms with van der Waals surface area (Å²) in [6, 6.07) is 9.46. The number of rotatable bonds is 6. The Hall–Kier alpha value is -2.41. The molecule has 7 heteroatoms. The van der Waals surface area contributed by atoms with Gasteiger partial charge in [-0.1, -0.05) is 30.3 Å². The largest absolute Gasteiger partial charge is 0.368 e. The molecule has 130 valence electrons. The van der Waals surface area contributed by atoms with Gasteiger partial charge in [0, 0.05) is 33.1 Å². The van der Waals surface area contributed by atoms with Crippen LogP contribution >= 0.6 is 0 Å². The van der Waals surface area contributed by atoms with E-state index in [2.05, 4.69) is 22.3 Å². The summed E-state index contributed by atoms with van der Waals surface area (Å²) in [6.07, 6.45) is 0.881. The van der Waals surface area contributed by atoms with E-state index in [0.717, 1.165) is 13.0 Å². The minimum Gasteiger partial charge on any atom is -0.368 e. The van der Waals surface area contributed by atoms with E-state index < -0.39 is 11.9 Å². The second-order valence-electron chi connectivity index (χ2n) is 5.95. The molecule has 24 heavy (non-hydrogen) atoms. The maximum atomic E-state index is 12.2. The maximum Gasteiger partial charge on any atom is 0.242 e. The van der Waals surface area contributed by atoms with Crippen molar-refractivity contribution in [2.45, 2.75) is 19.4 Å². The van der Waals surface area contributed by atoms with Crippen molar-refractivity contribution >= 4 is 17.7 Å². The lowest BCUT2D eigenvalue weighted by atomic mass is 10.1. The number of nitrogens with two attached hydrogens (primary N) is 1. The lowest BCUT2D eigenvalue weighted by molar-refractivity contribution is -0.142. The predicted molar refractivity (Wildman–Crippen MR) is 90.0 cm³/mol. The average Bonchev–Trinajstić information content (AvgIpc) is 2.58. The molecule has 1 atom stereocenters. The summed E-state index contributed by atoms with van der Waals surface area (Å²) in [5.41, 5.74) is 6.71. The summed E-state index contributed by atoms with van der Waals surface area (Å²) in [4.78, 5) is 38.5. The van der Waals surface area contributed by atoms with Gasteiger partial charge >= 0.3 is 0 Å². The number of piperazine rings is 1. The van der Waals surface area contributed by atoms with Gasteiger partial charge in [0.2, 0.25) is 17.7 Å². The predicted octanol–water partition coefficient (Wildman–Crippen LogP) is -0.637. The number of hydrogen-bond donors (Lipinski definition) is 2. The number of carbonyl (C=O) groups excluding carboxylic acids is 3. The molecule has 2 rings (SSSR count). The fourth-order valence-corrected chi connectivity index (χ4v) is 2.82. The third-order valence-corrected chi connectivity index (χ3v) is 4.16. The van der Waals surface area contributed by atoms with Crippen LogP contribution < -0.4 is 11.1 Å². The highest BCUT2D eigenvalue weighted by Crippen LogP contribution is 2.11. The second kappa shape index (κ2) is 8.44. The Morgan fingerprint density at radius 3 is 2.54 bits per heavy atom. The molecule has 1 fully saturated rings. The Bertz CT molecular complexity index is 591. The van der Waals surface area contributed by atoms with E-state index in [9.17, 15) is 14.4 Å². The Kier molecular flexibility index (Phi) is 6.31. The van der Waals surface area contributed by atoms with Crippen LogP contribution in [0.25, 0.3) is 0 Å². The summed E-state index contributed by atoms with van der Waals surface area (Å²) in [6.45, 7) is 3.59. The molecule has 7 nitrogen and oxygen atoms in total. The van der Waals surface area contributed by atoms with Gasteiger partial charge in [-0.2, -0.15) is 0 Å². The molecular formula is C17H24N4O3. The van der Waals surface area contributed by atoms with Crippen LogP contribution in [0.2, 0.25) is 0 Å². The van der Waals surface area contributed by atoms with Gasteiger partial charge in [-0.3, -0.25) is 19.3 Å². The van der Waals surface area contributed by atoms with Crippen molar-refractivity contribution < 1.29 is 14.4 Å². The zero-order chi connectivity index (χ0) is 17.5. The van der Waals surface area contributed by atoms with E-state index in [1.165, 1.54) is 17.4 Å². The monoisotopic (exact) mass is 332 g/mol.